The minimum Gasteiger partial charge on any atom is -0.354 e. The number of rotatable bonds is 5. The number of methoxy groups -OCH3 is 2. The lowest BCUT2D eigenvalue weighted by molar-refractivity contribution is -0.320. The number of hydrogen-bond donors (Lipinski definition) is 0. The first kappa shape index (κ1) is 17.4. The van der Waals surface area contributed by atoms with Crippen molar-refractivity contribution in [3.8, 4) is 0 Å². The summed E-state index contributed by atoms with van der Waals surface area (Å²) in [5.41, 5.74) is -0.357. The van der Waals surface area contributed by atoms with Crippen LogP contribution in [0.2, 0.25) is 0 Å². The summed E-state index contributed by atoms with van der Waals surface area (Å²) in [6, 6.07) is 9.34. The van der Waals surface area contributed by atoms with Crippen LogP contribution in [0.25, 0.3) is 0 Å². The number of ether oxygens (including phenoxy) is 4. The Morgan fingerprint density at radius 3 is 2.41 bits per heavy atom. The minimum absolute atomic E-state index is 0.150. The van der Waals surface area contributed by atoms with Crippen molar-refractivity contribution in [1.82, 2.24) is 0 Å². The van der Waals surface area contributed by atoms with Gasteiger partial charge in [0.25, 0.3) is 0 Å². The fourth-order valence-corrected chi connectivity index (χ4v) is 4.28. The number of benzene rings is 1. The molecule has 1 aromatic carbocycles. The summed E-state index contributed by atoms with van der Waals surface area (Å²) in [6.07, 6.45) is -0.897. The van der Waals surface area contributed by atoms with Gasteiger partial charge in [0, 0.05) is 14.2 Å². The fraction of sp³-hybridized carbons (Fsp3) is 0.600. The first-order chi connectivity index (χ1) is 10.3. The second-order valence-electron chi connectivity index (χ2n) is 5.36. The molecule has 0 radical (unpaired) electrons. The molecule has 22 heavy (non-hydrogen) atoms. The van der Waals surface area contributed by atoms with Gasteiger partial charge < -0.3 is 18.9 Å². The first-order valence-corrected chi connectivity index (χ1v) is 8.60. The van der Waals surface area contributed by atoms with Crippen LogP contribution in [-0.2, 0) is 35.4 Å². The molecule has 1 aromatic rings. The zero-order chi connectivity index (χ0) is 16.4. The van der Waals surface area contributed by atoms with E-state index in [9.17, 15) is 8.42 Å². The van der Waals surface area contributed by atoms with Gasteiger partial charge in [-0.25, -0.2) is 8.42 Å². The van der Waals surface area contributed by atoms with Crippen molar-refractivity contribution in [2.45, 2.75) is 43.2 Å². The quantitative estimate of drug-likeness (QED) is 0.818. The van der Waals surface area contributed by atoms with Crippen molar-refractivity contribution in [2.75, 3.05) is 14.2 Å². The minimum atomic E-state index is -3.65. The smallest absolute Gasteiger partial charge is 0.213 e. The molecule has 0 aromatic heterocycles. The van der Waals surface area contributed by atoms with Gasteiger partial charge in [-0.3, -0.25) is 0 Å². The molecule has 6 nitrogen and oxygen atoms in total. The third kappa shape index (κ3) is 3.18. The lowest BCUT2D eigenvalue weighted by atomic mass is 10.2. The van der Waals surface area contributed by atoms with Gasteiger partial charge in [-0.15, -0.1) is 0 Å². The van der Waals surface area contributed by atoms with Gasteiger partial charge in [0.05, 0.1) is 6.61 Å². The average Bonchev–Trinajstić information content (AvgIpc) is 2.52. The summed E-state index contributed by atoms with van der Waals surface area (Å²) in [5, 5.41) is -0.846. The van der Waals surface area contributed by atoms with Crippen LogP contribution in [0, 0.1) is 0 Å². The second-order valence-corrected chi connectivity index (χ2v) is 7.71. The van der Waals surface area contributed by atoms with E-state index < -0.39 is 32.6 Å². The molecule has 0 bridgehead atoms. The van der Waals surface area contributed by atoms with Gasteiger partial charge >= 0.3 is 0 Å². The molecule has 0 saturated carbocycles. The molecule has 2 rings (SSSR count). The van der Waals surface area contributed by atoms with Crippen LogP contribution in [0.3, 0.4) is 0 Å². The van der Waals surface area contributed by atoms with Crippen LogP contribution in [0.1, 0.15) is 19.4 Å². The Morgan fingerprint density at radius 2 is 1.86 bits per heavy atom. The lowest BCUT2D eigenvalue weighted by Crippen LogP contribution is -2.61. The van der Waals surface area contributed by atoms with Crippen molar-refractivity contribution >= 4 is 9.84 Å². The van der Waals surface area contributed by atoms with E-state index in [4.69, 9.17) is 18.9 Å². The molecule has 1 aliphatic heterocycles. The maximum absolute atomic E-state index is 12.7. The van der Waals surface area contributed by atoms with Crippen molar-refractivity contribution in [2.24, 2.45) is 0 Å². The summed E-state index contributed by atoms with van der Waals surface area (Å²) >= 11 is 0. The highest BCUT2D eigenvalue weighted by Crippen LogP contribution is 2.36. The molecule has 0 amide bonds. The van der Waals surface area contributed by atoms with Gasteiger partial charge in [0.15, 0.2) is 16.1 Å². The van der Waals surface area contributed by atoms with Crippen LogP contribution in [0.5, 0.6) is 0 Å². The van der Waals surface area contributed by atoms with Gasteiger partial charge in [0.2, 0.25) is 11.2 Å². The molecule has 0 N–H and O–H groups in total. The van der Waals surface area contributed by atoms with E-state index in [1.54, 1.807) is 0 Å². The molecule has 1 fully saturated rings. The fourth-order valence-electron chi connectivity index (χ4n) is 2.41. The Morgan fingerprint density at radius 1 is 1.23 bits per heavy atom. The standard InChI is InChI=1S/C15H22O6S/c1-11-13(18-3)21-15(2,19-4)14(22(11,16)17)20-10-12-8-6-5-7-9-12/h5-9,11,13-14H,10H2,1-4H3/t11-,13-,14-,15+/m0/s1. The number of sulfone groups is 1. The second kappa shape index (κ2) is 6.64. The van der Waals surface area contributed by atoms with Crippen LogP contribution in [0.15, 0.2) is 30.3 Å². The molecule has 124 valence electrons. The first-order valence-electron chi connectivity index (χ1n) is 6.99. The summed E-state index contributed by atoms with van der Waals surface area (Å²) < 4.78 is 47.2. The summed E-state index contributed by atoms with van der Waals surface area (Å²) in [4.78, 5) is 0. The third-order valence-electron chi connectivity index (χ3n) is 3.86. The molecule has 0 spiro atoms. The van der Waals surface area contributed by atoms with Crippen molar-refractivity contribution in [3.05, 3.63) is 35.9 Å². The number of hydrogen-bond acceptors (Lipinski definition) is 6. The van der Waals surface area contributed by atoms with Crippen LogP contribution < -0.4 is 0 Å². The highest BCUT2D eigenvalue weighted by atomic mass is 32.2. The zero-order valence-electron chi connectivity index (χ0n) is 13.2. The van der Waals surface area contributed by atoms with E-state index in [0.29, 0.717) is 0 Å². The molecule has 0 aliphatic carbocycles. The third-order valence-corrected chi connectivity index (χ3v) is 6.28. The average molecular weight is 330 g/mol. The maximum atomic E-state index is 12.7. The van der Waals surface area contributed by atoms with E-state index in [1.165, 1.54) is 28.1 Å². The van der Waals surface area contributed by atoms with E-state index in [0.717, 1.165) is 5.56 Å². The Balaban J connectivity index is 2.25. The zero-order valence-corrected chi connectivity index (χ0v) is 14.0. The summed E-state index contributed by atoms with van der Waals surface area (Å²) in [6.45, 7) is 3.23. The van der Waals surface area contributed by atoms with Crippen molar-refractivity contribution < 1.29 is 27.4 Å². The highest BCUT2D eigenvalue weighted by Gasteiger charge is 2.56. The monoisotopic (exact) mass is 330 g/mol. The normalized spacial score (nSPS) is 34.5. The maximum Gasteiger partial charge on any atom is 0.213 e. The van der Waals surface area contributed by atoms with Gasteiger partial charge in [-0.2, -0.15) is 0 Å². The summed E-state index contributed by atoms with van der Waals surface area (Å²) in [7, 11) is -0.864. The van der Waals surface area contributed by atoms with E-state index in [1.807, 2.05) is 30.3 Å². The topological polar surface area (TPSA) is 71.1 Å². The Bertz CT molecular complexity index is 587. The van der Waals surface area contributed by atoms with Gasteiger partial charge in [-0.1, -0.05) is 30.3 Å². The van der Waals surface area contributed by atoms with Crippen LogP contribution in [0.4, 0.5) is 0 Å². The lowest BCUT2D eigenvalue weighted by Gasteiger charge is -2.44. The van der Waals surface area contributed by atoms with Gasteiger partial charge in [0.1, 0.15) is 5.25 Å². The van der Waals surface area contributed by atoms with Gasteiger partial charge in [-0.05, 0) is 19.4 Å². The molecule has 7 heteroatoms. The van der Waals surface area contributed by atoms with E-state index in [2.05, 4.69) is 0 Å². The van der Waals surface area contributed by atoms with E-state index in [-0.39, 0.29) is 6.61 Å². The highest BCUT2D eigenvalue weighted by molar-refractivity contribution is 7.92. The molecule has 0 unspecified atom stereocenters. The predicted octanol–water partition coefficient (Wildman–Crippen LogP) is 1.70. The molecule has 1 aliphatic rings. The molecule has 1 saturated heterocycles. The van der Waals surface area contributed by atoms with E-state index >= 15 is 0 Å². The molecule has 4 atom stereocenters. The Kier molecular flexibility index (Phi) is 5.24. The van der Waals surface area contributed by atoms with Crippen molar-refractivity contribution in [3.63, 3.8) is 0 Å². The Labute approximate surface area is 131 Å². The molecular weight excluding hydrogens is 308 g/mol. The van der Waals surface area contributed by atoms with Crippen LogP contribution >= 0.6 is 0 Å². The SMILES string of the molecule is CO[C@H]1O[C@@](C)(OC)[C@@H](OCc2ccccc2)S(=O)(=O)[C@H]1C. The van der Waals surface area contributed by atoms with Crippen molar-refractivity contribution in [1.29, 1.82) is 0 Å². The predicted molar refractivity (Wildman–Crippen MR) is 80.7 cm³/mol. The van der Waals surface area contributed by atoms with Crippen LogP contribution in [-0.4, -0.2) is 45.4 Å². The largest absolute Gasteiger partial charge is 0.354 e. The molecular formula is C15H22O6S. The molecule has 1 heterocycles. The summed E-state index contributed by atoms with van der Waals surface area (Å²) in [5.74, 6) is -1.43. The Hall–Kier alpha value is -0.990.